The summed E-state index contributed by atoms with van der Waals surface area (Å²) < 4.78 is 1.92. The van der Waals surface area contributed by atoms with Gasteiger partial charge in [-0.15, -0.1) is 0 Å². The van der Waals surface area contributed by atoms with E-state index in [-0.39, 0.29) is 12.0 Å². The fraction of sp³-hybridized carbons (Fsp3) is 0.357. The molecule has 2 aromatic rings. The summed E-state index contributed by atoms with van der Waals surface area (Å²) >= 11 is 0. The zero-order chi connectivity index (χ0) is 12.7. The van der Waals surface area contributed by atoms with Crippen LogP contribution >= 0.6 is 0 Å². The van der Waals surface area contributed by atoms with Gasteiger partial charge in [-0.3, -0.25) is 4.79 Å². The summed E-state index contributed by atoms with van der Waals surface area (Å²) in [5, 5.41) is 10.6. The van der Waals surface area contributed by atoms with Crippen molar-refractivity contribution in [3.05, 3.63) is 36.0 Å². The monoisotopic (exact) mass is 244 g/mol. The lowest BCUT2D eigenvalue weighted by molar-refractivity contribution is 0.0756. The Morgan fingerprint density at radius 2 is 2.17 bits per heavy atom. The van der Waals surface area contributed by atoms with Crippen LogP contribution in [0.15, 0.2) is 30.3 Å². The zero-order valence-corrected chi connectivity index (χ0v) is 10.3. The molecule has 18 heavy (non-hydrogen) atoms. The Balaban J connectivity index is 1.99. The third-order valence-corrected chi connectivity index (χ3v) is 3.62. The molecule has 1 N–H and O–H groups in total. The van der Waals surface area contributed by atoms with Gasteiger partial charge in [0.25, 0.3) is 5.91 Å². The zero-order valence-electron chi connectivity index (χ0n) is 10.3. The molecular weight excluding hydrogens is 228 g/mol. The van der Waals surface area contributed by atoms with Crippen LogP contribution in [0.5, 0.6) is 0 Å². The molecule has 0 saturated carbocycles. The van der Waals surface area contributed by atoms with E-state index in [0.29, 0.717) is 25.2 Å². The highest BCUT2D eigenvalue weighted by Gasteiger charge is 2.27. The maximum Gasteiger partial charge on any atom is 0.270 e. The predicted octanol–water partition coefficient (Wildman–Crippen LogP) is 1.39. The minimum absolute atomic E-state index is 0.00486. The highest BCUT2D eigenvalue weighted by molar-refractivity contribution is 5.98. The van der Waals surface area contributed by atoms with Gasteiger partial charge in [0.15, 0.2) is 0 Å². The second kappa shape index (κ2) is 4.14. The lowest BCUT2D eigenvalue weighted by atomic mass is 10.2. The van der Waals surface area contributed by atoms with Gasteiger partial charge in [-0.2, -0.15) is 0 Å². The van der Waals surface area contributed by atoms with Crippen molar-refractivity contribution in [2.75, 3.05) is 13.1 Å². The van der Waals surface area contributed by atoms with Gasteiger partial charge in [0.05, 0.1) is 6.10 Å². The average Bonchev–Trinajstić information content (AvgIpc) is 2.94. The van der Waals surface area contributed by atoms with E-state index in [1.165, 1.54) is 0 Å². The Bertz CT molecular complexity index is 603. The Morgan fingerprint density at radius 3 is 2.83 bits per heavy atom. The summed E-state index contributed by atoms with van der Waals surface area (Å²) in [6.45, 7) is 1.09. The van der Waals surface area contributed by atoms with Gasteiger partial charge < -0.3 is 14.6 Å². The van der Waals surface area contributed by atoms with Gasteiger partial charge in [-0.1, -0.05) is 18.2 Å². The molecule has 1 amide bonds. The van der Waals surface area contributed by atoms with Crippen LogP contribution in [0.1, 0.15) is 16.9 Å². The fourth-order valence-corrected chi connectivity index (χ4v) is 2.58. The van der Waals surface area contributed by atoms with Crippen molar-refractivity contribution in [3.8, 4) is 0 Å². The number of benzene rings is 1. The van der Waals surface area contributed by atoms with Crippen molar-refractivity contribution in [3.63, 3.8) is 0 Å². The Labute approximate surface area is 105 Å². The molecule has 4 heteroatoms. The van der Waals surface area contributed by atoms with E-state index in [0.717, 1.165) is 10.9 Å². The van der Waals surface area contributed by atoms with Crippen molar-refractivity contribution in [2.45, 2.75) is 12.5 Å². The molecule has 0 aliphatic carbocycles. The first-order valence-corrected chi connectivity index (χ1v) is 6.18. The van der Waals surface area contributed by atoms with Crippen LogP contribution in [0.25, 0.3) is 10.9 Å². The van der Waals surface area contributed by atoms with Crippen molar-refractivity contribution in [1.82, 2.24) is 9.47 Å². The molecule has 1 saturated heterocycles. The topological polar surface area (TPSA) is 45.5 Å². The normalized spacial score (nSPS) is 19.7. The molecule has 2 heterocycles. The van der Waals surface area contributed by atoms with Gasteiger partial charge in [-0.25, -0.2) is 0 Å². The number of para-hydroxylation sites is 1. The van der Waals surface area contributed by atoms with Crippen LogP contribution < -0.4 is 0 Å². The summed E-state index contributed by atoms with van der Waals surface area (Å²) in [5.41, 5.74) is 1.74. The highest BCUT2D eigenvalue weighted by Crippen LogP contribution is 2.21. The molecule has 94 valence electrons. The molecule has 4 nitrogen and oxygen atoms in total. The van der Waals surface area contributed by atoms with Crippen molar-refractivity contribution < 1.29 is 9.90 Å². The standard InChI is InChI=1S/C14H16N2O2/c1-15-12-5-3-2-4-10(12)8-13(15)14(18)16-7-6-11(17)9-16/h2-5,8,11,17H,6-7,9H2,1H3/t11-/m1/s1. The number of aliphatic hydroxyl groups is 1. The van der Waals surface area contributed by atoms with Crippen molar-refractivity contribution in [1.29, 1.82) is 0 Å². The van der Waals surface area contributed by atoms with Gasteiger partial charge >= 0.3 is 0 Å². The summed E-state index contributed by atoms with van der Waals surface area (Å²) in [4.78, 5) is 14.1. The molecule has 1 aromatic carbocycles. The molecular formula is C14H16N2O2. The van der Waals surface area contributed by atoms with E-state index in [2.05, 4.69) is 0 Å². The van der Waals surface area contributed by atoms with Gasteiger partial charge in [0.1, 0.15) is 5.69 Å². The highest BCUT2D eigenvalue weighted by atomic mass is 16.3. The van der Waals surface area contributed by atoms with Crippen LogP contribution in [0, 0.1) is 0 Å². The second-order valence-corrected chi connectivity index (χ2v) is 4.84. The molecule has 1 aliphatic heterocycles. The number of amides is 1. The third-order valence-electron chi connectivity index (χ3n) is 3.62. The molecule has 1 atom stereocenters. The molecule has 0 bridgehead atoms. The molecule has 1 aromatic heterocycles. The van der Waals surface area contributed by atoms with Crippen LogP contribution in [0.2, 0.25) is 0 Å². The first kappa shape index (κ1) is 11.3. The van der Waals surface area contributed by atoms with Crippen LogP contribution in [-0.4, -0.2) is 39.7 Å². The first-order chi connectivity index (χ1) is 8.66. The van der Waals surface area contributed by atoms with E-state index >= 15 is 0 Å². The van der Waals surface area contributed by atoms with Gasteiger partial charge in [0, 0.05) is 31.0 Å². The molecule has 1 aliphatic rings. The predicted molar refractivity (Wildman–Crippen MR) is 69.4 cm³/mol. The average molecular weight is 244 g/mol. The molecule has 0 spiro atoms. The third kappa shape index (κ3) is 1.69. The van der Waals surface area contributed by atoms with E-state index in [4.69, 9.17) is 0 Å². The number of likely N-dealkylation sites (tertiary alicyclic amines) is 1. The van der Waals surface area contributed by atoms with Crippen molar-refractivity contribution in [2.24, 2.45) is 7.05 Å². The second-order valence-electron chi connectivity index (χ2n) is 4.84. The number of β-amino-alcohol motifs (C(OH)–C–C–N with tert-alkyl or cyclic N) is 1. The summed E-state index contributed by atoms with van der Waals surface area (Å²) in [7, 11) is 1.90. The Kier molecular flexibility index (Phi) is 2.59. The number of carbonyl (C=O) groups excluding carboxylic acids is 1. The number of fused-ring (bicyclic) bond motifs is 1. The number of aryl methyl sites for hydroxylation is 1. The van der Waals surface area contributed by atoms with Gasteiger partial charge in [-0.05, 0) is 18.6 Å². The first-order valence-electron chi connectivity index (χ1n) is 6.18. The van der Waals surface area contributed by atoms with E-state index in [9.17, 15) is 9.90 Å². The number of aromatic nitrogens is 1. The molecule has 0 radical (unpaired) electrons. The van der Waals surface area contributed by atoms with Crippen LogP contribution in [-0.2, 0) is 7.05 Å². The maximum atomic E-state index is 12.4. The van der Waals surface area contributed by atoms with Crippen LogP contribution in [0.3, 0.4) is 0 Å². The number of hydrogen-bond donors (Lipinski definition) is 1. The Hall–Kier alpha value is -1.81. The number of aliphatic hydroxyl groups excluding tert-OH is 1. The maximum absolute atomic E-state index is 12.4. The van der Waals surface area contributed by atoms with E-state index in [1.807, 2.05) is 41.9 Å². The minimum atomic E-state index is -0.372. The lowest BCUT2D eigenvalue weighted by Crippen LogP contribution is -2.30. The Morgan fingerprint density at radius 1 is 1.39 bits per heavy atom. The lowest BCUT2D eigenvalue weighted by Gasteiger charge is -2.15. The van der Waals surface area contributed by atoms with Crippen molar-refractivity contribution >= 4 is 16.8 Å². The largest absolute Gasteiger partial charge is 0.391 e. The molecule has 3 rings (SSSR count). The van der Waals surface area contributed by atoms with E-state index < -0.39 is 0 Å². The number of carbonyl (C=O) groups is 1. The summed E-state index contributed by atoms with van der Waals surface area (Å²) in [6, 6.07) is 9.87. The smallest absolute Gasteiger partial charge is 0.270 e. The fourth-order valence-electron chi connectivity index (χ4n) is 2.58. The number of rotatable bonds is 1. The molecule has 1 fully saturated rings. The molecule has 0 unspecified atom stereocenters. The quantitative estimate of drug-likeness (QED) is 0.824. The summed E-state index contributed by atoms with van der Waals surface area (Å²) in [5.74, 6) is 0.00486. The SMILES string of the molecule is Cn1c(C(=O)N2CC[C@@H](O)C2)cc2ccccc21. The number of nitrogens with zero attached hydrogens (tertiary/aromatic N) is 2. The summed E-state index contributed by atoms with van der Waals surface area (Å²) in [6.07, 6.45) is 0.305. The minimum Gasteiger partial charge on any atom is -0.391 e. The van der Waals surface area contributed by atoms with E-state index in [1.54, 1.807) is 4.90 Å². The van der Waals surface area contributed by atoms with Gasteiger partial charge in [0.2, 0.25) is 0 Å². The van der Waals surface area contributed by atoms with Crippen LogP contribution in [0.4, 0.5) is 0 Å². The number of hydrogen-bond acceptors (Lipinski definition) is 2.